The van der Waals surface area contributed by atoms with Gasteiger partial charge in [-0.3, -0.25) is 4.68 Å². The fraction of sp³-hybridized carbons (Fsp3) is 0.400. The average molecular weight is 357 g/mol. The highest BCUT2D eigenvalue weighted by atomic mass is 35.5. The van der Waals surface area contributed by atoms with Crippen molar-refractivity contribution in [3.63, 3.8) is 0 Å². The quantitative estimate of drug-likeness (QED) is 0.881. The van der Waals surface area contributed by atoms with Crippen LogP contribution in [0.3, 0.4) is 0 Å². The molecule has 2 heterocycles. The molecule has 0 aliphatic carbocycles. The third kappa shape index (κ3) is 3.68. The van der Waals surface area contributed by atoms with Crippen LogP contribution in [-0.4, -0.2) is 37.8 Å². The maximum Gasteiger partial charge on any atom is 0.244 e. The Bertz CT molecular complexity index is 789. The Hall–Kier alpha value is -1.57. The molecule has 23 heavy (non-hydrogen) atoms. The first kappa shape index (κ1) is 17.8. The fourth-order valence-corrected chi connectivity index (χ4v) is 4.11. The normalized spacial score (nSPS) is 13.7. The zero-order valence-corrected chi connectivity index (χ0v) is 14.8. The minimum absolute atomic E-state index is 0. The van der Waals surface area contributed by atoms with Gasteiger partial charge in [-0.2, -0.15) is 5.10 Å². The van der Waals surface area contributed by atoms with E-state index in [0.717, 1.165) is 13.0 Å². The molecule has 6 nitrogen and oxygen atoms in total. The SMILES string of the molecule is Cc1nn(C)cc1S(=O)(=O)NCCN1CCc2ccccc21.Cl. The summed E-state index contributed by atoms with van der Waals surface area (Å²) in [4.78, 5) is 2.46. The van der Waals surface area contributed by atoms with Gasteiger partial charge in [0.25, 0.3) is 0 Å². The summed E-state index contributed by atoms with van der Waals surface area (Å²) in [5, 5.41) is 4.08. The van der Waals surface area contributed by atoms with E-state index in [1.165, 1.54) is 22.1 Å². The van der Waals surface area contributed by atoms with E-state index in [2.05, 4.69) is 26.9 Å². The molecule has 1 N–H and O–H groups in total. The Kier molecular flexibility index (Phi) is 5.33. The third-order valence-corrected chi connectivity index (χ3v) is 5.48. The minimum atomic E-state index is -3.50. The number of para-hydroxylation sites is 1. The van der Waals surface area contributed by atoms with Crippen LogP contribution in [-0.2, 0) is 23.5 Å². The molecule has 1 aliphatic rings. The Balaban J connectivity index is 0.00000192. The third-order valence-electron chi connectivity index (χ3n) is 3.92. The van der Waals surface area contributed by atoms with Crippen LogP contribution < -0.4 is 9.62 Å². The largest absolute Gasteiger partial charge is 0.370 e. The van der Waals surface area contributed by atoms with Crippen molar-refractivity contribution in [2.75, 3.05) is 24.5 Å². The van der Waals surface area contributed by atoms with Gasteiger partial charge >= 0.3 is 0 Å². The molecule has 1 aliphatic heterocycles. The lowest BCUT2D eigenvalue weighted by molar-refractivity contribution is 0.580. The predicted molar refractivity (Wildman–Crippen MR) is 92.7 cm³/mol. The van der Waals surface area contributed by atoms with Crippen molar-refractivity contribution in [3.05, 3.63) is 41.7 Å². The van der Waals surface area contributed by atoms with Crippen molar-refractivity contribution in [3.8, 4) is 0 Å². The highest BCUT2D eigenvalue weighted by Crippen LogP contribution is 2.26. The standard InChI is InChI=1S/C15H20N4O2S.ClH/c1-12-15(11-18(2)17-12)22(20,21)16-8-10-19-9-7-13-5-3-4-6-14(13)19;/h3-6,11,16H,7-10H2,1-2H3;1H. The topological polar surface area (TPSA) is 67.2 Å². The van der Waals surface area contributed by atoms with Gasteiger partial charge < -0.3 is 4.90 Å². The van der Waals surface area contributed by atoms with E-state index in [-0.39, 0.29) is 17.3 Å². The summed E-state index contributed by atoms with van der Waals surface area (Å²) in [6.07, 6.45) is 2.55. The number of anilines is 1. The molecule has 0 bridgehead atoms. The molecule has 1 aromatic heterocycles. The zero-order chi connectivity index (χ0) is 15.7. The van der Waals surface area contributed by atoms with Crippen LogP contribution in [0.5, 0.6) is 0 Å². The lowest BCUT2D eigenvalue weighted by atomic mass is 10.2. The Morgan fingerprint density at radius 2 is 2.04 bits per heavy atom. The lowest BCUT2D eigenvalue weighted by Gasteiger charge is -2.19. The fourth-order valence-electron chi connectivity index (χ4n) is 2.87. The molecule has 0 radical (unpaired) electrons. The summed E-state index contributed by atoms with van der Waals surface area (Å²) in [6.45, 7) is 3.68. The summed E-state index contributed by atoms with van der Waals surface area (Å²) in [6, 6.07) is 8.26. The van der Waals surface area contributed by atoms with Crippen molar-refractivity contribution >= 4 is 28.1 Å². The number of rotatable bonds is 5. The van der Waals surface area contributed by atoms with Gasteiger partial charge in [-0.15, -0.1) is 12.4 Å². The second-order valence-corrected chi connectivity index (χ2v) is 7.25. The van der Waals surface area contributed by atoms with Crippen molar-refractivity contribution in [2.24, 2.45) is 7.05 Å². The van der Waals surface area contributed by atoms with Crippen LogP contribution in [0.4, 0.5) is 5.69 Å². The molecule has 0 unspecified atom stereocenters. The van der Waals surface area contributed by atoms with Gasteiger partial charge in [-0.1, -0.05) is 18.2 Å². The number of nitrogens with zero attached hydrogens (tertiary/aromatic N) is 3. The number of halogens is 1. The highest BCUT2D eigenvalue weighted by Gasteiger charge is 2.21. The van der Waals surface area contributed by atoms with E-state index in [0.29, 0.717) is 18.8 Å². The molecule has 0 atom stereocenters. The maximum atomic E-state index is 12.3. The zero-order valence-electron chi connectivity index (χ0n) is 13.2. The van der Waals surface area contributed by atoms with Gasteiger partial charge in [-0.05, 0) is 25.0 Å². The number of sulfonamides is 1. The van der Waals surface area contributed by atoms with Crippen LogP contribution >= 0.6 is 12.4 Å². The Morgan fingerprint density at radius 3 is 2.74 bits per heavy atom. The van der Waals surface area contributed by atoms with Crippen LogP contribution in [0, 0.1) is 6.92 Å². The van der Waals surface area contributed by atoms with Crippen LogP contribution in [0.2, 0.25) is 0 Å². The number of aryl methyl sites for hydroxylation is 2. The van der Waals surface area contributed by atoms with Gasteiger partial charge in [0.2, 0.25) is 10.0 Å². The van der Waals surface area contributed by atoms with E-state index in [1.807, 2.05) is 12.1 Å². The lowest BCUT2D eigenvalue weighted by Crippen LogP contribution is -2.34. The summed E-state index contributed by atoms with van der Waals surface area (Å²) in [5.41, 5.74) is 3.05. The van der Waals surface area contributed by atoms with Crippen molar-refractivity contribution in [1.29, 1.82) is 0 Å². The van der Waals surface area contributed by atoms with Crippen molar-refractivity contribution < 1.29 is 8.42 Å². The minimum Gasteiger partial charge on any atom is -0.370 e. The molecule has 2 aromatic rings. The molecular formula is C15H21ClN4O2S. The van der Waals surface area contributed by atoms with Gasteiger partial charge in [-0.25, -0.2) is 13.1 Å². The van der Waals surface area contributed by atoms with Crippen LogP contribution in [0.15, 0.2) is 35.4 Å². The van der Waals surface area contributed by atoms with Gasteiger partial charge in [0.15, 0.2) is 0 Å². The van der Waals surface area contributed by atoms with E-state index in [9.17, 15) is 8.42 Å². The molecule has 0 spiro atoms. The second-order valence-electron chi connectivity index (χ2n) is 5.52. The summed E-state index contributed by atoms with van der Waals surface area (Å²) in [5.74, 6) is 0. The number of hydrogen-bond donors (Lipinski definition) is 1. The summed E-state index contributed by atoms with van der Waals surface area (Å²) >= 11 is 0. The average Bonchev–Trinajstić information content (AvgIpc) is 3.03. The van der Waals surface area contributed by atoms with E-state index >= 15 is 0 Å². The Labute approximate surface area is 143 Å². The molecule has 126 valence electrons. The first-order chi connectivity index (χ1) is 10.5. The maximum absolute atomic E-state index is 12.3. The number of aromatic nitrogens is 2. The molecule has 1 aromatic carbocycles. The summed E-state index contributed by atoms with van der Waals surface area (Å²) < 4.78 is 28.8. The monoisotopic (exact) mass is 356 g/mol. The molecule has 0 saturated heterocycles. The van der Waals surface area contributed by atoms with Crippen molar-refractivity contribution in [1.82, 2.24) is 14.5 Å². The van der Waals surface area contributed by atoms with E-state index < -0.39 is 10.0 Å². The first-order valence-corrected chi connectivity index (χ1v) is 8.78. The number of fused-ring (bicyclic) bond motifs is 1. The van der Waals surface area contributed by atoms with Gasteiger partial charge in [0, 0.05) is 38.6 Å². The van der Waals surface area contributed by atoms with Gasteiger partial charge in [0.05, 0.1) is 5.69 Å². The summed E-state index contributed by atoms with van der Waals surface area (Å²) in [7, 11) is -1.78. The number of benzene rings is 1. The van der Waals surface area contributed by atoms with E-state index in [4.69, 9.17) is 0 Å². The van der Waals surface area contributed by atoms with Gasteiger partial charge in [0.1, 0.15) is 4.90 Å². The van der Waals surface area contributed by atoms with Crippen molar-refractivity contribution in [2.45, 2.75) is 18.2 Å². The number of hydrogen-bond acceptors (Lipinski definition) is 4. The molecule has 0 amide bonds. The molecular weight excluding hydrogens is 336 g/mol. The predicted octanol–water partition coefficient (Wildman–Crippen LogP) is 1.49. The molecule has 0 fully saturated rings. The van der Waals surface area contributed by atoms with E-state index in [1.54, 1.807) is 14.0 Å². The first-order valence-electron chi connectivity index (χ1n) is 7.30. The molecule has 3 rings (SSSR count). The van der Waals surface area contributed by atoms with Crippen LogP contribution in [0.25, 0.3) is 0 Å². The Morgan fingerprint density at radius 1 is 1.30 bits per heavy atom. The highest BCUT2D eigenvalue weighted by molar-refractivity contribution is 7.89. The number of nitrogens with one attached hydrogen (secondary N) is 1. The smallest absolute Gasteiger partial charge is 0.244 e. The molecule has 0 saturated carbocycles. The second kappa shape index (κ2) is 6.90. The molecule has 8 heteroatoms. The van der Waals surface area contributed by atoms with Crippen LogP contribution in [0.1, 0.15) is 11.3 Å².